The lowest BCUT2D eigenvalue weighted by molar-refractivity contribution is 0.0909. The van der Waals surface area contributed by atoms with Crippen molar-refractivity contribution in [2.24, 2.45) is 0 Å². The van der Waals surface area contributed by atoms with Crippen molar-refractivity contribution in [1.82, 2.24) is 14.9 Å². The minimum absolute atomic E-state index is 0.253. The molecule has 1 N–H and O–H groups in total. The van der Waals surface area contributed by atoms with Gasteiger partial charge < -0.3 is 14.3 Å². The van der Waals surface area contributed by atoms with Crippen molar-refractivity contribution in [1.29, 1.82) is 0 Å². The maximum atomic E-state index is 12.4. The number of carbonyl (C=O) groups excluding carboxylic acids is 1. The van der Waals surface area contributed by atoms with E-state index in [-0.39, 0.29) is 17.7 Å². The first-order valence-corrected chi connectivity index (χ1v) is 9.52. The van der Waals surface area contributed by atoms with E-state index in [1.807, 2.05) is 54.0 Å². The van der Waals surface area contributed by atoms with Crippen LogP contribution >= 0.6 is 23.2 Å². The van der Waals surface area contributed by atoms with E-state index in [0.717, 1.165) is 16.6 Å². The Morgan fingerprint density at radius 2 is 1.86 bits per heavy atom. The Balaban J connectivity index is 1.74. The van der Waals surface area contributed by atoms with Crippen LogP contribution in [0.1, 0.15) is 34.9 Å². The summed E-state index contributed by atoms with van der Waals surface area (Å²) in [5.74, 6) is 0.660. The number of nitrogens with one attached hydrogen (secondary N) is 1. The number of benzene rings is 2. The Kier molecular flexibility index (Phi) is 5.11. The summed E-state index contributed by atoms with van der Waals surface area (Å²) in [7, 11) is 0. The van der Waals surface area contributed by atoms with E-state index in [1.54, 1.807) is 12.1 Å². The molecule has 0 radical (unpaired) electrons. The molecule has 4 rings (SSSR count). The molecule has 7 heteroatoms. The highest BCUT2D eigenvalue weighted by atomic mass is 35.5. The molecule has 5 nitrogen and oxygen atoms in total. The minimum atomic E-state index is -0.355. The molecule has 0 aliphatic rings. The highest BCUT2D eigenvalue weighted by molar-refractivity contribution is 6.36. The van der Waals surface area contributed by atoms with Gasteiger partial charge in [-0.1, -0.05) is 41.4 Å². The first-order chi connectivity index (χ1) is 13.5. The fourth-order valence-corrected chi connectivity index (χ4v) is 3.69. The van der Waals surface area contributed by atoms with Crippen LogP contribution in [0.25, 0.3) is 11.0 Å². The normalized spacial score (nSPS) is 12.2. The van der Waals surface area contributed by atoms with Gasteiger partial charge in [0.25, 0.3) is 5.91 Å². The molecule has 0 aliphatic carbocycles. The van der Waals surface area contributed by atoms with Gasteiger partial charge in [0.05, 0.1) is 29.9 Å². The van der Waals surface area contributed by atoms with Gasteiger partial charge >= 0.3 is 0 Å². The fourth-order valence-electron chi connectivity index (χ4n) is 3.17. The van der Waals surface area contributed by atoms with Gasteiger partial charge in [-0.25, -0.2) is 4.98 Å². The molecule has 0 spiro atoms. The third-order valence-corrected chi connectivity index (χ3v) is 5.25. The molecular formula is C21H17Cl2N3O2. The average Bonchev–Trinajstić information content (AvgIpc) is 3.33. The van der Waals surface area contributed by atoms with Gasteiger partial charge in [0.15, 0.2) is 5.76 Å². The standard InChI is InChI=1S/C21H17Cl2N3O2/c1-13(24-21(27)19-10-5-11-28-19)20-25-17-8-2-3-9-18(17)26(20)12-14-15(22)6-4-7-16(14)23/h2-11,13H,12H2,1H3,(H,24,27)/t13-/m1/s1. The van der Waals surface area contributed by atoms with Gasteiger partial charge in [-0.3, -0.25) is 4.79 Å². The molecule has 0 aliphatic heterocycles. The molecule has 28 heavy (non-hydrogen) atoms. The molecule has 0 fully saturated rings. The summed E-state index contributed by atoms with van der Waals surface area (Å²) in [5.41, 5.74) is 2.58. The molecule has 142 valence electrons. The summed E-state index contributed by atoms with van der Waals surface area (Å²) in [5, 5.41) is 4.11. The van der Waals surface area contributed by atoms with E-state index in [9.17, 15) is 4.79 Å². The molecule has 1 atom stereocenters. The highest BCUT2D eigenvalue weighted by Crippen LogP contribution is 2.29. The number of rotatable bonds is 5. The number of para-hydroxylation sites is 2. The van der Waals surface area contributed by atoms with Crippen LogP contribution in [-0.2, 0) is 6.54 Å². The zero-order chi connectivity index (χ0) is 19.7. The number of furan rings is 1. The second-order valence-electron chi connectivity index (χ2n) is 6.42. The lowest BCUT2D eigenvalue weighted by Crippen LogP contribution is -2.28. The molecule has 4 aromatic rings. The van der Waals surface area contributed by atoms with Crippen molar-refractivity contribution < 1.29 is 9.21 Å². The second-order valence-corrected chi connectivity index (χ2v) is 7.23. The van der Waals surface area contributed by atoms with E-state index < -0.39 is 0 Å². The van der Waals surface area contributed by atoms with Gasteiger partial charge in [-0.15, -0.1) is 0 Å². The van der Waals surface area contributed by atoms with Crippen LogP contribution in [0.2, 0.25) is 10.0 Å². The predicted molar refractivity (Wildman–Crippen MR) is 110 cm³/mol. The van der Waals surface area contributed by atoms with Gasteiger partial charge in [0.1, 0.15) is 5.82 Å². The summed E-state index contributed by atoms with van der Waals surface area (Å²) in [4.78, 5) is 17.1. The SMILES string of the molecule is C[C@@H](NC(=O)c1ccco1)c1nc2ccccc2n1Cc1c(Cl)cccc1Cl. The van der Waals surface area contributed by atoms with Gasteiger partial charge in [-0.05, 0) is 43.3 Å². The van der Waals surface area contributed by atoms with Gasteiger partial charge in [-0.2, -0.15) is 0 Å². The lowest BCUT2D eigenvalue weighted by atomic mass is 10.2. The van der Waals surface area contributed by atoms with Gasteiger partial charge in [0, 0.05) is 15.6 Å². The van der Waals surface area contributed by atoms with Crippen molar-refractivity contribution in [2.45, 2.75) is 19.5 Å². The Bertz CT molecular complexity index is 1120. The molecule has 0 saturated heterocycles. The first-order valence-electron chi connectivity index (χ1n) is 8.77. The maximum Gasteiger partial charge on any atom is 0.287 e. The number of amides is 1. The summed E-state index contributed by atoms with van der Waals surface area (Å²) in [6, 6.07) is 16.2. The molecule has 2 aromatic heterocycles. The monoisotopic (exact) mass is 413 g/mol. The average molecular weight is 414 g/mol. The lowest BCUT2D eigenvalue weighted by Gasteiger charge is -2.17. The zero-order valence-corrected chi connectivity index (χ0v) is 16.5. The van der Waals surface area contributed by atoms with Crippen LogP contribution in [-0.4, -0.2) is 15.5 Å². The number of aromatic nitrogens is 2. The van der Waals surface area contributed by atoms with Crippen molar-refractivity contribution in [3.05, 3.63) is 88.1 Å². The number of hydrogen-bond donors (Lipinski definition) is 1. The summed E-state index contributed by atoms with van der Waals surface area (Å²) >= 11 is 12.8. The van der Waals surface area contributed by atoms with Crippen molar-refractivity contribution >= 4 is 40.1 Å². The highest BCUT2D eigenvalue weighted by Gasteiger charge is 2.21. The topological polar surface area (TPSA) is 60.1 Å². The number of halogens is 2. The molecule has 0 unspecified atom stereocenters. The molecular weight excluding hydrogens is 397 g/mol. The van der Waals surface area contributed by atoms with Crippen LogP contribution in [0.3, 0.4) is 0 Å². The molecule has 1 amide bonds. The molecule has 2 aromatic carbocycles. The third kappa shape index (κ3) is 3.51. The Morgan fingerprint density at radius 1 is 1.11 bits per heavy atom. The van der Waals surface area contributed by atoms with Crippen LogP contribution in [0.4, 0.5) is 0 Å². The number of nitrogens with zero attached hydrogens (tertiary/aromatic N) is 2. The Labute approximate surface area is 171 Å². The van der Waals surface area contributed by atoms with Crippen LogP contribution < -0.4 is 5.32 Å². The predicted octanol–water partition coefficient (Wildman–Crippen LogP) is 5.48. The number of carbonyl (C=O) groups is 1. The van der Waals surface area contributed by atoms with Gasteiger partial charge in [0.2, 0.25) is 0 Å². The van der Waals surface area contributed by atoms with Crippen LogP contribution in [0.5, 0.6) is 0 Å². The van der Waals surface area contributed by atoms with E-state index in [4.69, 9.17) is 32.6 Å². The number of hydrogen-bond acceptors (Lipinski definition) is 3. The quantitative estimate of drug-likeness (QED) is 0.471. The van der Waals surface area contributed by atoms with Crippen molar-refractivity contribution in [3.63, 3.8) is 0 Å². The van der Waals surface area contributed by atoms with E-state index in [1.165, 1.54) is 6.26 Å². The fraction of sp³-hybridized carbons (Fsp3) is 0.143. The number of imidazole rings is 1. The molecule has 0 bridgehead atoms. The molecule has 2 heterocycles. The largest absolute Gasteiger partial charge is 0.459 e. The van der Waals surface area contributed by atoms with Crippen molar-refractivity contribution in [2.75, 3.05) is 0 Å². The summed E-state index contributed by atoms with van der Waals surface area (Å²) < 4.78 is 7.20. The van der Waals surface area contributed by atoms with Crippen LogP contribution in [0, 0.1) is 0 Å². The van der Waals surface area contributed by atoms with E-state index >= 15 is 0 Å². The smallest absolute Gasteiger partial charge is 0.287 e. The summed E-state index contributed by atoms with van der Waals surface area (Å²) in [6.07, 6.45) is 1.47. The third-order valence-electron chi connectivity index (χ3n) is 4.54. The molecule has 0 saturated carbocycles. The zero-order valence-electron chi connectivity index (χ0n) is 15.0. The van der Waals surface area contributed by atoms with E-state index in [0.29, 0.717) is 22.4 Å². The second kappa shape index (κ2) is 7.70. The van der Waals surface area contributed by atoms with Crippen molar-refractivity contribution in [3.8, 4) is 0 Å². The Hall–Kier alpha value is -2.76. The maximum absolute atomic E-state index is 12.4. The van der Waals surface area contributed by atoms with Crippen LogP contribution in [0.15, 0.2) is 65.3 Å². The Morgan fingerprint density at radius 3 is 2.57 bits per heavy atom. The minimum Gasteiger partial charge on any atom is -0.459 e. The first kappa shape index (κ1) is 18.6. The summed E-state index contributed by atoms with van der Waals surface area (Å²) in [6.45, 7) is 2.32. The number of fused-ring (bicyclic) bond motifs is 1. The van der Waals surface area contributed by atoms with E-state index in [2.05, 4.69) is 5.32 Å².